The van der Waals surface area contributed by atoms with E-state index in [1.165, 1.54) is 18.3 Å². The topological polar surface area (TPSA) is 97.7 Å². The molecule has 0 aliphatic heterocycles. The van der Waals surface area contributed by atoms with Gasteiger partial charge in [0, 0.05) is 29.6 Å². The number of nitrogens with zero attached hydrogens (tertiary/aromatic N) is 3. The van der Waals surface area contributed by atoms with Gasteiger partial charge in [0.15, 0.2) is 0 Å². The summed E-state index contributed by atoms with van der Waals surface area (Å²) in [6, 6.07) is 7.94. The monoisotopic (exact) mass is 297 g/mol. The second-order valence-electron chi connectivity index (χ2n) is 4.87. The maximum absolute atomic E-state index is 11.0. The lowest BCUT2D eigenvalue weighted by atomic mass is 10.1. The zero-order chi connectivity index (χ0) is 15.9. The first kappa shape index (κ1) is 13.7. The first-order chi connectivity index (χ1) is 10.5. The molecule has 2 aromatic heterocycles. The highest BCUT2D eigenvalue weighted by atomic mass is 16.6. The van der Waals surface area contributed by atoms with Crippen LogP contribution in [0.2, 0.25) is 0 Å². The summed E-state index contributed by atoms with van der Waals surface area (Å²) in [5.74, 6) is -1.02. The smallest absolute Gasteiger partial charge is 0.337 e. The van der Waals surface area contributed by atoms with Crippen molar-refractivity contribution in [3.05, 3.63) is 64.0 Å². The third-order valence-electron chi connectivity index (χ3n) is 3.40. The van der Waals surface area contributed by atoms with E-state index < -0.39 is 10.9 Å². The van der Waals surface area contributed by atoms with Crippen LogP contribution in [0, 0.1) is 17.0 Å². The number of benzene rings is 1. The highest BCUT2D eigenvalue weighted by Gasteiger charge is 2.14. The van der Waals surface area contributed by atoms with Crippen molar-refractivity contribution in [2.75, 3.05) is 0 Å². The molecule has 0 spiro atoms. The lowest BCUT2D eigenvalue weighted by molar-refractivity contribution is -0.385. The van der Waals surface area contributed by atoms with Crippen LogP contribution in [0.1, 0.15) is 15.9 Å². The third-order valence-corrected chi connectivity index (χ3v) is 3.40. The molecule has 1 N–H and O–H groups in total. The van der Waals surface area contributed by atoms with Crippen LogP contribution in [-0.2, 0) is 0 Å². The van der Waals surface area contributed by atoms with E-state index in [4.69, 9.17) is 5.11 Å². The zero-order valence-electron chi connectivity index (χ0n) is 11.6. The number of nitro benzene ring substituents is 1. The molecule has 0 radical (unpaired) electrons. The van der Waals surface area contributed by atoms with Gasteiger partial charge in [0.05, 0.1) is 16.2 Å². The molecule has 7 nitrogen and oxygen atoms in total. The summed E-state index contributed by atoms with van der Waals surface area (Å²) in [6.07, 6.45) is 3.10. The number of aryl methyl sites for hydroxylation is 1. The molecule has 0 bridgehead atoms. The predicted molar refractivity (Wildman–Crippen MR) is 79.0 cm³/mol. The predicted octanol–water partition coefficient (Wildman–Crippen LogP) is 2.92. The van der Waals surface area contributed by atoms with E-state index >= 15 is 0 Å². The molecule has 0 unspecified atom stereocenters. The number of aromatic nitrogens is 2. The molecule has 22 heavy (non-hydrogen) atoms. The Morgan fingerprint density at radius 3 is 2.73 bits per heavy atom. The van der Waals surface area contributed by atoms with Gasteiger partial charge in [-0.3, -0.25) is 10.1 Å². The Labute approximate surface area is 124 Å². The average molecular weight is 297 g/mol. The number of carboxylic acids is 1. The molecule has 110 valence electrons. The normalized spacial score (nSPS) is 10.8. The van der Waals surface area contributed by atoms with Gasteiger partial charge >= 0.3 is 5.97 Å². The molecule has 0 saturated heterocycles. The molecule has 0 aliphatic rings. The Bertz CT molecular complexity index is 914. The molecule has 0 aliphatic carbocycles. The number of hydrogen-bond acceptors (Lipinski definition) is 4. The summed E-state index contributed by atoms with van der Waals surface area (Å²) in [4.78, 5) is 25.9. The summed E-state index contributed by atoms with van der Waals surface area (Å²) in [6.45, 7) is 1.67. The SMILES string of the molecule is Cc1ccc(-c2cn3cc(C(=O)O)ccc3n2)cc1[N+](=O)[O-]. The van der Waals surface area contributed by atoms with Gasteiger partial charge in [-0.25, -0.2) is 9.78 Å². The van der Waals surface area contributed by atoms with Crippen LogP contribution in [0.4, 0.5) is 5.69 Å². The molecule has 1 aromatic carbocycles. The van der Waals surface area contributed by atoms with Crippen LogP contribution in [0.5, 0.6) is 0 Å². The first-order valence-corrected chi connectivity index (χ1v) is 6.43. The van der Waals surface area contributed by atoms with E-state index in [-0.39, 0.29) is 11.3 Å². The van der Waals surface area contributed by atoms with Crippen LogP contribution in [0.25, 0.3) is 16.9 Å². The van der Waals surface area contributed by atoms with Crippen molar-refractivity contribution in [1.29, 1.82) is 0 Å². The van der Waals surface area contributed by atoms with Crippen molar-refractivity contribution >= 4 is 17.3 Å². The average Bonchev–Trinajstić information content (AvgIpc) is 2.90. The standard InChI is InChI=1S/C15H11N3O4/c1-9-2-3-10(6-13(9)18(21)22)12-8-17-7-11(15(19)20)4-5-14(17)16-12/h2-8H,1H3,(H,19,20). The van der Waals surface area contributed by atoms with E-state index in [2.05, 4.69) is 4.98 Å². The Morgan fingerprint density at radius 1 is 1.27 bits per heavy atom. The van der Waals surface area contributed by atoms with Gasteiger partial charge in [0.1, 0.15) is 5.65 Å². The molecule has 0 amide bonds. The Kier molecular flexibility index (Phi) is 3.10. The number of rotatable bonds is 3. The quantitative estimate of drug-likeness (QED) is 0.592. The molecule has 7 heteroatoms. The number of carboxylic acid groups (broad SMARTS) is 1. The molecule has 0 fully saturated rings. The Balaban J connectivity index is 2.12. The summed E-state index contributed by atoms with van der Waals surface area (Å²) in [7, 11) is 0. The number of aromatic carboxylic acids is 1. The van der Waals surface area contributed by atoms with Gasteiger partial charge in [-0.2, -0.15) is 0 Å². The minimum atomic E-state index is -1.02. The van der Waals surface area contributed by atoms with Crippen LogP contribution in [0.15, 0.2) is 42.7 Å². The second kappa shape index (κ2) is 4.96. The van der Waals surface area contributed by atoms with Gasteiger partial charge < -0.3 is 9.51 Å². The number of fused-ring (bicyclic) bond motifs is 1. The minimum absolute atomic E-state index is 0.0285. The Hall–Kier alpha value is -3.22. The highest BCUT2D eigenvalue weighted by molar-refractivity contribution is 5.87. The molecule has 0 atom stereocenters. The van der Waals surface area contributed by atoms with Crippen molar-refractivity contribution in [2.45, 2.75) is 6.92 Å². The summed E-state index contributed by atoms with van der Waals surface area (Å²) in [5.41, 5.74) is 2.48. The van der Waals surface area contributed by atoms with E-state index in [1.54, 1.807) is 35.7 Å². The fraction of sp³-hybridized carbons (Fsp3) is 0.0667. The number of nitro groups is 1. The van der Waals surface area contributed by atoms with E-state index in [9.17, 15) is 14.9 Å². The molecule has 3 aromatic rings. The molecule has 3 rings (SSSR count). The number of hydrogen-bond donors (Lipinski definition) is 1. The fourth-order valence-corrected chi connectivity index (χ4v) is 2.22. The third kappa shape index (κ3) is 2.28. The fourth-order valence-electron chi connectivity index (χ4n) is 2.22. The largest absolute Gasteiger partial charge is 0.478 e. The second-order valence-corrected chi connectivity index (χ2v) is 4.87. The summed E-state index contributed by atoms with van der Waals surface area (Å²) in [5, 5.41) is 20.0. The van der Waals surface area contributed by atoms with E-state index in [1.807, 2.05) is 0 Å². The maximum Gasteiger partial charge on any atom is 0.337 e. The molecular weight excluding hydrogens is 286 g/mol. The maximum atomic E-state index is 11.0. The lowest BCUT2D eigenvalue weighted by Crippen LogP contribution is -1.97. The number of imidazole rings is 1. The molecular formula is C15H11N3O4. The summed E-state index contributed by atoms with van der Waals surface area (Å²) >= 11 is 0. The van der Waals surface area contributed by atoms with Crippen LogP contribution in [0.3, 0.4) is 0 Å². The van der Waals surface area contributed by atoms with Crippen molar-refractivity contribution in [3.8, 4) is 11.3 Å². The zero-order valence-corrected chi connectivity index (χ0v) is 11.6. The van der Waals surface area contributed by atoms with Crippen molar-refractivity contribution in [1.82, 2.24) is 9.38 Å². The van der Waals surface area contributed by atoms with Gasteiger partial charge in [0.25, 0.3) is 5.69 Å². The van der Waals surface area contributed by atoms with Crippen LogP contribution >= 0.6 is 0 Å². The minimum Gasteiger partial charge on any atom is -0.478 e. The van der Waals surface area contributed by atoms with Gasteiger partial charge in [-0.05, 0) is 19.1 Å². The van der Waals surface area contributed by atoms with Gasteiger partial charge in [-0.15, -0.1) is 0 Å². The number of pyridine rings is 1. The highest BCUT2D eigenvalue weighted by Crippen LogP contribution is 2.26. The molecule has 0 saturated carbocycles. The van der Waals surface area contributed by atoms with Gasteiger partial charge in [0.2, 0.25) is 0 Å². The summed E-state index contributed by atoms with van der Waals surface area (Å²) < 4.78 is 1.59. The molecule has 2 heterocycles. The van der Waals surface area contributed by atoms with Gasteiger partial charge in [-0.1, -0.05) is 12.1 Å². The van der Waals surface area contributed by atoms with E-state index in [0.717, 1.165) is 0 Å². The van der Waals surface area contributed by atoms with E-state index in [0.29, 0.717) is 22.5 Å². The van der Waals surface area contributed by atoms with Crippen LogP contribution < -0.4 is 0 Å². The number of carbonyl (C=O) groups is 1. The lowest BCUT2D eigenvalue weighted by Gasteiger charge is -1.99. The van der Waals surface area contributed by atoms with Crippen LogP contribution in [-0.4, -0.2) is 25.4 Å². The first-order valence-electron chi connectivity index (χ1n) is 6.43. The van der Waals surface area contributed by atoms with Crippen molar-refractivity contribution in [2.24, 2.45) is 0 Å². The Morgan fingerprint density at radius 2 is 2.05 bits per heavy atom. The van der Waals surface area contributed by atoms with Crippen molar-refractivity contribution in [3.63, 3.8) is 0 Å². The van der Waals surface area contributed by atoms with Crippen molar-refractivity contribution < 1.29 is 14.8 Å².